The van der Waals surface area contributed by atoms with E-state index in [0.717, 1.165) is 31.8 Å². The highest BCUT2D eigenvalue weighted by Crippen LogP contribution is 2.28. The summed E-state index contributed by atoms with van der Waals surface area (Å²) < 4.78 is 0. The number of carbonyl (C=O) groups is 1. The van der Waals surface area contributed by atoms with Gasteiger partial charge in [0.15, 0.2) is 0 Å². The first-order valence-electron chi connectivity index (χ1n) is 5.66. The molecule has 1 fully saturated rings. The van der Waals surface area contributed by atoms with Gasteiger partial charge in [0, 0.05) is 19.0 Å². The van der Waals surface area contributed by atoms with Gasteiger partial charge in [-0.15, -0.1) is 0 Å². The monoisotopic (exact) mass is 198 g/mol. The van der Waals surface area contributed by atoms with Crippen LogP contribution in [0.15, 0.2) is 0 Å². The Hall–Kier alpha value is -0.570. The van der Waals surface area contributed by atoms with Crippen molar-refractivity contribution < 1.29 is 4.79 Å². The van der Waals surface area contributed by atoms with E-state index in [4.69, 9.17) is 0 Å². The summed E-state index contributed by atoms with van der Waals surface area (Å²) in [6.45, 7) is 3.85. The van der Waals surface area contributed by atoms with Gasteiger partial charge >= 0.3 is 0 Å². The Morgan fingerprint density at radius 3 is 2.79 bits per heavy atom. The molecule has 0 aromatic carbocycles. The van der Waals surface area contributed by atoms with Gasteiger partial charge in [0.1, 0.15) is 0 Å². The molecular formula is C11H22N2O. The molecule has 2 unspecified atom stereocenters. The highest BCUT2D eigenvalue weighted by molar-refractivity contribution is 5.78. The fourth-order valence-corrected chi connectivity index (χ4v) is 2.13. The lowest BCUT2D eigenvalue weighted by Crippen LogP contribution is -2.36. The van der Waals surface area contributed by atoms with Crippen molar-refractivity contribution in [1.82, 2.24) is 10.6 Å². The maximum atomic E-state index is 11.7. The SMILES string of the molecule is CNCCNC(=O)C1CCCC(C)C1. The number of amides is 1. The zero-order chi connectivity index (χ0) is 10.4. The van der Waals surface area contributed by atoms with E-state index in [9.17, 15) is 4.79 Å². The maximum absolute atomic E-state index is 11.7. The first kappa shape index (κ1) is 11.5. The fourth-order valence-electron chi connectivity index (χ4n) is 2.13. The van der Waals surface area contributed by atoms with Crippen molar-refractivity contribution in [3.05, 3.63) is 0 Å². The predicted molar refractivity (Wildman–Crippen MR) is 58.1 cm³/mol. The van der Waals surface area contributed by atoms with Crippen molar-refractivity contribution in [2.24, 2.45) is 11.8 Å². The molecule has 1 aliphatic rings. The van der Waals surface area contributed by atoms with Gasteiger partial charge in [0.2, 0.25) is 5.91 Å². The quantitative estimate of drug-likeness (QED) is 0.665. The first-order chi connectivity index (χ1) is 6.74. The van der Waals surface area contributed by atoms with Crippen molar-refractivity contribution in [2.75, 3.05) is 20.1 Å². The lowest BCUT2D eigenvalue weighted by molar-refractivity contribution is -0.126. The van der Waals surface area contributed by atoms with E-state index in [1.165, 1.54) is 12.8 Å². The van der Waals surface area contributed by atoms with E-state index in [1.54, 1.807) is 0 Å². The molecule has 1 rings (SSSR count). The predicted octanol–water partition coefficient (Wildman–Crippen LogP) is 1.15. The molecule has 2 atom stereocenters. The average molecular weight is 198 g/mol. The van der Waals surface area contributed by atoms with E-state index in [1.807, 2.05) is 7.05 Å². The minimum absolute atomic E-state index is 0.256. The van der Waals surface area contributed by atoms with Crippen LogP contribution in [0, 0.1) is 11.8 Å². The second-order valence-corrected chi connectivity index (χ2v) is 4.36. The molecule has 0 radical (unpaired) electrons. The standard InChI is InChI=1S/C11H22N2O/c1-9-4-3-5-10(8-9)11(14)13-7-6-12-2/h9-10,12H,3-8H2,1-2H3,(H,13,14). The highest BCUT2D eigenvalue weighted by atomic mass is 16.1. The van der Waals surface area contributed by atoms with Crippen LogP contribution in [-0.4, -0.2) is 26.0 Å². The summed E-state index contributed by atoms with van der Waals surface area (Å²) >= 11 is 0. The van der Waals surface area contributed by atoms with Crippen LogP contribution in [-0.2, 0) is 4.79 Å². The van der Waals surface area contributed by atoms with Crippen LogP contribution in [0.2, 0.25) is 0 Å². The third kappa shape index (κ3) is 3.66. The molecule has 3 nitrogen and oxygen atoms in total. The van der Waals surface area contributed by atoms with Gasteiger partial charge in [0.05, 0.1) is 0 Å². The van der Waals surface area contributed by atoms with Gasteiger partial charge < -0.3 is 10.6 Å². The third-order valence-corrected chi connectivity index (χ3v) is 2.98. The molecule has 0 aromatic heterocycles. The van der Waals surface area contributed by atoms with Gasteiger partial charge in [-0.25, -0.2) is 0 Å². The minimum atomic E-state index is 0.256. The van der Waals surface area contributed by atoms with Crippen LogP contribution in [0.25, 0.3) is 0 Å². The van der Waals surface area contributed by atoms with Gasteiger partial charge in [-0.3, -0.25) is 4.79 Å². The summed E-state index contributed by atoms with van der Waals surface area (Å²) in [5.41, 5.74) is 0. The Kier molecular flexibility index (Phi) is 4.94. The van der Waals surface area contributed by atoms with Crippen LogP contribution in [0.5, 0.6) is 0 Å². The lowest BCUT2D eigenvalue weighted by Gasteiger charge is -2.25. The van der Waals surface area contributed by atoms with Gasteiger partial charge in [-0.05, 0) is 25.8 Å². The van der Waals surface area contributed by atoms with Crippen molar-refractivity contribution >= 4 is 5.91 Å². The lowest BCUT2D eigenvalue weighted by atomic mass is 9.82. The molecule has 82 valence electrons. The molecule has 0 heterocycles. The Morgan fingerprint density at radius 2 is 2.14 bits per heavy atom. The first-order valence-corrected chi connectivity index (χ1v) is 5.66. The van der Waals surface area contributed by atoms with Crippen molar-refractivity contribution in [2.45, 2.75) is 32.6 Å². The minimum Gasteiger partial charge on any atom is -0.355 e. The van der Waals surface area contributed by atoms with Crippen molar-refractivity contribution in [3.63, 3.8) is 0 Å². The summed E-state index contributed by atoms with van der Waals surface area (Å²) in [5.74, 6) is 1.26. The zero-order valence-electron chi connectivity index (χ0n) is 9.31. The molecule has 0 saturated heterocycles. The molecule has 3 heteroatoms. The maximum Gasteiger partial charge on any atom is 0.223 e. The molecule has 0 bridgehead atoms. The van der Waals surface area contributed by atoms with E-state index >= 15 is 0 Å². The number of nitrogens with one attached hydrogen (secondary N) is 2. The molecule has 0 aromatic rings. The van der Waals surface area contributed by atoms with E-state index in [-0.39, 0.29) is 11.8 Å². The van der Waals surface area contributed by atoms with Crippen LogP contribution in [0.4, 0.5) is 0 Å². The van der Waals surface area contributed by atoms with Gasteiger partial charge in [0.25, 0.3) is 0 Å². The molecule has 0 spiro atoms. The molecular weight excluding hydrogens is 176 g/mol. The number of hydrogen-bond donors (Lipinski definition) is 2. The summed E-state index contributed by atoms with van der Waals surface area (Å²) in [6, 6.07) is 0. The molecule has 1 saturated carbocycles. The number of hydrogen-bond acceptors (Lipinski definition) is 2. The fraction of sp³-hybridized carbons (Fsp3) is 0.909. The van der Waals surface area contributed by atoms with E-state index < -0.39 is 0 Å². The normalized spacial score (nSPS) is 27.3. The number of likely N-dealkylation sites (N-methyl/N-ethyl adjacent to an activating group) is 1. The van der Waals surface area contributed by atoms with Crippen LogP contribution < -0.4 is 10.6 Å². The highest BCUT2D eigenvalue weighted by Gasteiger charge is 2.24. The van der Waals surface area contributed by atoms with Crippen LogP contribution in [0.3, 0.4) is 0 Å². The smallest absolute Gasteiger partial charge is 0.223 e. The second-order valence-electron chi connectivity index (χ2n) is 4.36. The van der Waals surface area contributed by atoms with Crippen molar-refractivity contribution in [3.8, 4) is 0 Å². The van der Waals surface area contributed by atoms with Gasteiger partial charge in [-0.2, -0.15) is 0 Å². The van der Waals surface area contributed by atoms with E-state index in [0.29, 0.717) is 0 Å². The summed E-state index contributed by atoms with van der Waals surface area (Å²) in [7, 11) is 1.90. The Labute approximate surface area is 86.6 Å². The summed E-state index contributed by atoms with van der Waals surface area (Å²) in [4.78, 5) is 11.7. The number of carbonyl (C=O) groups excluding carboxylic acids is 1. The van der Waals surface area contributed by atoms with Crippen LogP contribution in [0.1, 0.15) is 32.6 Å². The molecule has 0 aliphatic heterocycles. The topological polar surface area (TPSA) is 41.1 Å². The largest absolute Gasteiger partial charge is 0.355 e. The van der Waals surface area contributed by atoms with Gasteiger partial charge in [-0.1, -0.05) is 19.8 Å². The molecule has 2 N–H and O–H groups in total. The summed E-state index contributed by atoms with van der Waals surface area (Å²) in [5, 5.41) is 5.99. The summed E-state index contributed by atoms with van der Waals surface area (Å²) in [6.07, 6.45) is 4.66. The van der Waals surface area contributed by atoms with E-state index in [2.05, 4.69) is 17.6 Å². The van der Waals surface area contributed by atoms with Crippen LogP contribution >= 0.6 is 0 Å². The Balaban J connectivity index is 2.22. The second kappa shape index (κ2) is 6.02. The van der Waals surface area contributed by atoms with Crippen molar-refractivity contribution in [1.29, 1.82) is 0 Å². The Morgan fingerprint density at radius 1 is 1.36 bits per heavy atom. The molecule has 1 amide bonds. The zero-order valence-corrected chi connectivity index (χ0v) is 9.31. The molecule has 1 aliphatic carbocycles. The third-order valence-electron chi connectivity index (χ3n) is 2.98. The molecule has 14 heavy (non-hydrogen) atoms. The Bertz CT molecular complexity index is 182. The number of rotatable bonds is 4. The average Bonchev–Trinajstić information content (AvgIpc) is 2.18.